The molecule has 0 bridgehead atoms. The van der Waals surface area contributed by atoms with Crippen molar-refractivity contribution in [2.24, 2.45) is 0 Å². The van der Waals surface area contributed by atoms with Crippen LogP contribution in [0, 0.1) is 20.8 Å². The van der Waals surface area contributed by atoms with Crippen LogP contribution in [0.15, 0.2) is 41.7 Å². The highest BCUT2D eigenvalue weighted by atomic mass is 35.5. The fourth-order valence-corrected chi connectivity index (χ4v) is 3.48. The van der Waals surface area contributed by atoms with Crippen molar-refractivity contribution >= 4 is 28.3 Å². The predicted octanol–water partition coefficient (Wildman–Crippen LogP) is 5.73. The summed E-state index contributed by atoms with van der Waals surface area (Å²) < 4.78 is 9.36. The van der Waals surface area contributed by atoms with E-state index in [1.54, 1.807) is 4.57 Å². The van der Waals surface area contributed by atoms with E-state index in [1.807, 2.05) is 36.6 Å². The minimum atomic E-state index is -0.0262. The molecule has 28 heavy (non-hydrogen) atoms. The maximum atomic E-state index is 12.9. The van der Waals surface area contributed by atoms with E-state index in [-0.39, 0.29) is 5.69 Å². The van der Waals surface area contributed by atoms with Crippen LogP contribution in [0.25, 0.3) is 16.7 Å². The van der Waals surface area contributed by atoms with Gasteiger partial charge >= 0.3 is 5.69 Å². The molecule has 0 spiro atoms. The Balaban J connectivity index is 1.71. The fourth-order valence-electron chi connectivity index (χ4n) is 3.36. The number of benzene rings is 2. The maximum Gasteiger partial charge on any atom is 0.333 e. The fraction of sp³-hybridized carbons (Fsp3) is 0.348. The van der Waals surface area contributed by atoms with Crippen molar-refractivity contribution < 1.29 is 4.74 Å². The molecule has 0 radical (unpaired) electrons. The van der Waals surface area contributed by atoms with Gasteiger partial charge in [-0.15, -0.1) is 0 Å². The minimum Gasteiger partial charge on any atom is -0.494 e. The van der Waals surface area contributed by atoms with E-state index in [1.165, 1.54) is 11.1 Å². The van der Waals surface area contributed by atoms with Crippen LogP contribution < -0.4 is 10.4 Å². The van der Waals surface area contributed by atoms with Crippen molar-refractivity contribution in [1.82, 2.24) is 9.13 Å². The Morgan fingerprint density at radius 3 is 2.36 bits per heavy atom. The van der Waals surface area contributed by atoms with Crippen molar-refractivity contribution in [2.75, 3.05) is 6.61 Å². The zero-order chi connectivity index (χ0) is 20.4. The molecule has 1 aromatic heterocycles. The van der Waals surface area contributed by atoms with Crippen molar-refractivity contribution in [3.63, 3.8) is 0 Å². The molecule has 0 N–H and O–H groups in total. The van der Waals surface area contributed by atoms with E-state index in [4.69, 9.17) is 16.3 Å². The summed E-state index contributed by atoms with van der Waals surface area (Å²) in [6.07, 6.45) is 1.72. The van der Waals surface area contributed by atoms with Crippen molar-refractivity contribution in [3.05, 3.63) is 69.1 Å². The van der Waals surface area contributed by atoms with Crippen LogP contribution in [-0.4, -0.2) is 15.7 Å². The lowest BCUT2D eigenvalue weighted by molar-refractivity contribution is 0.303. The Labute approximate surface area is 171 Å². The first-order chi connectivity index (χ1) is 13.3. The van der Waals surface area contributed by atoms with Gasteiger partial charge in [0.1, 0.15) is 5.75 Å². The molecule has 2 aromatic carbocycles. The highest BCUT2D eigenvalue weighted by Gasteiger charge is 2.14. The van der Waals surface area contributed by atoms with Gasteiger partial charge in [0.15, 0.2) is 0 Å². The smallest absolute Gasteiger partial charge is 0.333 e. The molecule has 0 unspecified atom stereocenters. The molecule has 3 aromatic rings. The molecule has 0 atom stereocenters. The van der Waals surface area contributed by atoms with E-state index in [9.17, 15) is 4.79 Å². The first-order valence-corrected chi connectivity index (χ1v) is 9.94. The SMILES string of the molecule is C=C(C)n1c(=O)n(CCCCOc2ccc(Cl)c(C)c2)c2cc(C)c(C)cc21. The molecular formula is C23H27ClN2O2. The average molecular weight is 399 g/mol. The number of unbranched alkanes of at least 4 members (excludes halogenated alkanes) is 1. The second-order valence-electron chi connectivity index (χ2n) is 7.40. The van der Waals surface area contributed by atoms with Gasteiger partial charge in [0, 0.05) is 17.3 Å². The highest BCUT2D eigenvalue weighted by molar-refractivity contribution is 6.31. The molecule has 0 aliphatic heterocycles. The summed E-state index contributed by atoms with van der Waals surface area (Å²) in [6, 6.07) is 9.84. The summed E-state index contributed by atoms with van der Waals surface area (Å²) in [4.78, 5) is 12.9. The van der Waals surface area contributed by atoms with Crippen LogP contribution in [0.2, 0.25) is 5.02 Å². The molecule has 0 aliphatic carbocycles. The number of imidazole rings is 1. The second-order valence-corrected chi connectivity index (χ2v) is 7.80. The Morgan fingerprint density at radius 1 is 1.04 bits per heavy atom. The number of allylic oxidation sites excluding steroid dienone is 1. The van der Waals surface area contributed by atoms with E-state index < -0.39 is 0 Å². The Bertz CT molecular complexity index is 1090. The van der Waals surface area contributed by atoms with Crippen molar-refractivity contribution in [2.45, 2.75) is 47.1 Å². The molecule has 3 rings (SSSR count). The molecule has 0 amide bonds. The standard InChI is InChI=1S/C23H27ClN2O2/c1-15(2)26-22-14-17(4)16(3)13-21(22)25(23(26)27)10-6-7-11-28-19-8-9-20(24)18(5)12-19/h8-9,12-14H,1,6-7,10-11H2,2-5H3. The second kappa shape index (κ2) is 8.27. The number of fused-ring (bicyclic) bond motifs is 1. The van der Waals surface area contributed by atoms with Gasteiger partial charge in [0.2, 0.25) is 0 Å². The summed E-state index contributed by atoms with van der Waals surface area (Å²) in [5.41, 5.74) is 5.95. The number of nitrogens with zero attached hydrogens (tertiary/aromatic N) is 2. The third-order valence-corrected chi connectivity index (χ3v) is 5.52. The van der Waals surface area contributed by atoms with Crippen LogP contribution in [0.1, 0.15) is 36.5 Å². The van der Waals surface area contributed by atoms with Crippen LogP contribution >= 0.6 is 11.6 Å². The van der Waals surface area contributed by atoms with Gasteiger partial charge in [0.25, 0.3) is 0 Å². The van der Waals surface area contributed by atoms with Gasteiger partial charge in [-0.25, -0.2) is 4.79 Å². The summed E-state index contributed by atoms with van der Waals surface area (Å²) >= 11 is 6.04. The molecule has 148 valence electrons. The summed E-state index contributed by atoms with van der Waals surface area (Å²) in [5, 5.41) is 0.742. The number of ether oxygens (including phenoxy) is 1. The van der Waals surface area contributed by atoms with E-state index in [0.717, 1.165) is 45.9 Å². The van der Waals surface area contributed by atoms with Gasteiger partial charge in [-0.3, -0.25) is 9.13 Å². The number of aromatic nitrogens is 2. The average Bonchev–Trinajstić information content (AvgIpc) is 2.89. The van der Waals surface area contributed by atoms with Crippen LogP contribution in [0.3, 0.4) is 0 Å². The van der Waals surface area contributed by atoms with E-state index >= 15 is 0 Å². The number of halogens is 1. The monoisotopic (exact) mass is 398 g/mol. The number of hydrogen-bond acceptors (Lipinski definition) is 2. The normalized spacial score (nSPS) is 11.2. The van der Waals surface area contributed by atoms with Crippen LogP contribution in [-0.2, 0) is 6.54 Å². The lowest BCUT2D eigenvalue weighted by Gasteiger charge is -2.08. The minimum absolute atomic E-state index is 0.0262. The lowest BCUT2D eigenvalue weighted by Crippen LogP contribution is -2.23. The van der Waals surface area contributed by atoms with Gasteiger partial charge in [0.05, 0.1) is 17.6 Å². The zero-order valence-electron chi connectivity index (χ0n) is 17.0. The molecule has 4 nitrogen and oxygen atoms in total. The zero-order valence-corrected chi connectivity index (χ0v) is 17.8. The third kappa shape index (κ3) is 4.02. The number of aryl methyl sites for hydroxylation is 4. The van der Waals surface area contributed by atoms with Gasteiger partial charge in [-0.1, -0.05) is 18.2 Å². The highest BCUT2D eigenvalue weighted by Crippen LogP contribution is 2.22. The molecule has 0 aliphatic rings. The third-order valence-electron chi connectivity index (χ3n) is 5.10. The Morgan fingerprint density at radius 2 is 1.71 bits per heavy atom. The quantitative estimate of drug-likeness (QED) is 0.476. The van der Waals surface area contributed by atoms with E-state index in [0.29, 0.717) is 13.2 Å². The molecule has 0 fully saturated rings. The first-order valence-electron chi connectivity index (χ1n) is 9.57. The van der Waals surface area contributed by atoms with Gasteiger partial charge in [-0.2, -0.15) is 0 Å². The molecule has 0 saturated heterocycles. The summed E-state index contributed by atoms with van der Waals surface area (Å²) in [7, 11) is 0. The molecule has 5 heteroatoms. The van der Waals surface area contributed by atoms with Crippen LogP contribution in [0.5, 0.6) is 5.75 Å². The number of rotatable bonds is 7. The molecule has 0 saturated carbocycles. The van der Waals surface area contributed by atoms with Crippen LogP contribution in [0.4, 0.5) is 0 Å². The van der Waals surface area contributed by atoms with Crippen molar-refractivity contribution in [1.29, 1.82) is 0 Å². The number of hydrogen-bond donors (Lipinski definition) is 0. The molecular weight excluding hydrogens is 372 g/mol. The largest absolute Gasteiger partial charge is 0.494 e. The summed E-state index contributed by atoms with van der Waals surface area (Å²) in [5.74, 6) is 0.823. The summed E-state index contributed by atoms with van der Waals surface area (Å²) in [6.45, 7) is 13.2. The van der Waals surface area contributed by atoms with Crippen molar-refractivity contribution in [3.8, 4) is 5.75 Å². The predicted molar refractivity (Wildman–Crippen MR) is 118 cm³/mol. The van der Waals surface area contributed by atoms with Gasteiger partial charge in [-0.05, 0) is 87.6 Å². The first kappa shape index (κ1) is 20.3. The Hall–Kier alpha value is -2.46. The van der Waals surface area contributed by atoms with E-state index in [2.05, 4.69) is 32.6 Å². The lowest BCUT2D eigenvalue weighted by atomic mass is 10.1. The topological polar surface area (TPSA) is 36.2 Å². The van der Waals surface area contributed by atoms with Gasteiger partial charge < -0.3 is 4.74 Å². The molecule has 1 heterocycles. The Kier molecular flexibility index (Phi) is 5.99. The maximum absolute atomic E-state index is 12.9.